The fraction of sp³-hybridized carbons (Fsp3) is 0.333. The van der Waals surface area contributed by atoms with Crippen molar-refractivity contribution in [2.24, 2.45) is 0 Å². The Bertz CT molecular complexity index is 594. The molecule has 8 heteroatoms. The second kappa shape index (κ2) is 3.61. The zero-order valence-corrected chi connectivity index (χ0v) is 11.0. The summed E-state index contributed by atoms with van der Waals surface area (Å²) in [5.41, 5.74) is 0.779. The summed E-state index contributed by atoms with van der Waals surface area (Å²) in [7, 11) is -6.96. The molecule has 0 amide bonds. The molecule has 2 rings (SSSR count). The first-order valence-corrected chi connectivity index (χ1v) is 8.45. The molecular weight excluding hydrogens is 264 g/mol. The van der Waals surface area contributed by atoms with Gasteiger partial charge in [0.1, 0.15) is 6.67 Å². The molecule has 0 aromatic heterocycles. The maximum Gasteiger partial charge on any atom is 0.233 e. The predicted octanol–water partition coefficient (Wildman–Crippen LogP) is 0.190. The van der Waals surface area contributed by atoms with Crippen LogP contribution in [0.1, 0.15) is 0 Å². The van der Waals surface area contributed by atoms with Crippen LogP contribution in [0.4, 0.5) is 11.4 Å². The highest BCUT2D eigenvalue weighted by Crippen LogP contribution is 2.38. The molecule has 1 aromatic carbocycles. The van der Waals surface area contributed by atoms with Crippen molar-refractivity contribution < 1.29 is 16.8 Å². The van der Waals surface area contributed by atoms with E-state index >= 15 is 0 Å². The zero-order chi connectivity index (χ0) is 12.8. The van der Waals surface area contributed by atoms with Gasteiger partial charge in [0.05, 0.1) is 23.9 Å². The maximum atomic E-state index is 11.6. The van der Waals surface area contributed by atoms with Crippen LogP contribution in [0, 0.1) is 0 Å². The van der Waals surface area contributed by atoms with E-state index in [-0.39, 0.29) is 6.67 Å². The molecule has 0 radical (unpaired) electrons. The highest BCUT2D eigenvalue weighted by atomic mass is 32.2. The normalized spacial score (nSPS) is 16.1. The molecule has 0 N–H and O–H groups in total. The minimum atomic E-state index is -3.48. The summed E-state index contributed by atoms with van der Waals surface area (Å²) in [6.07, 6.45) is 2.10. The average molecular weight is 276 g/mol. The molecule has 17 heavy (non-hydrogen) atoms. The van der Waals surface area contributed by atoms with Gasteiger partial charge < -0.3 is 0 Å². The number of hydrogen-bond acceptors (Lipinski definition) is 4. The molecule has 1 aromatic rings. The van der Waals surface area contributed by atoms with Gasteiger partial charge in [0.25, 0.3) is 0 Å². The summed E-state index contributed by atoms with van der Waals surface area (Å²) in [4.78, 5) is 0. The molecule has 1 aliphatic rings. The van der Waals surface area contributed by atoms with Gasteiger partial charge in [-0.1, -0.05) is 12.1 Å². The molecule has 0 saturated carbocycles. The number of anilines is 2. The first kappa shape index (κ1) is 12.2. The van der Waals surface area contributed by atoms with Gasteiger partial charge in [-0.25, -0.2) is 25.4 Å². The minimum Gasteiger partial charge on any atom is -0.248 e. The van der Waals surface area contributed by atoms with Gasteiger partial charge in [-0.2, -0.15) is 0 Å². The SMILES string of the molecule is CS(=O)(=O)N1CN(S(C)(=O)=O)c2ccccc21. The van der Waals surface area contributed by atoms with Crippen LogP contribution in [0.3, 0.4) is 0 Å². The Morgan fingerprint density at radius 1 is 0.882 bits per heavy atom. The lowest BCUT2D eigenvalue weighted by Gasteiger charge is -2.17. The molecule has 0 atom stereocenters. The van der Waals surface area contributed by atoms with E-state index in [9.17, 15) is 16.8 Å². The van der Waals surface area contributed by atoms with Gasteiger partial charge >= 0.3 is 0 Å². The van der Waals surface area contributed by atoms with Crippen LogP contribution in [-0.2, 0) is 20.0 Å². The van der Waals surface area contributed by atoms with Gasteiger partial charge in [0.15, 0.2) is 0 Å². The molecule has 0 saturated heterocycles. The van der Waals surface area contributed by atoms with Crippen molar-refractivity contribution in [3.05, 3.63) is 24.3 Å². The van der Waals surface area contributed by atoms with E-state index in [2.05, 4.69) is 0 Å². The lowest BCUT2D eigenvalue weighted by molar-refractivity contribution is 0.594. The van der Waals surface area contributed by atoms with Crippen molar-refractivity contribution in [2.45, 2.75) is 0 Å². The van der Waals surface area contributed by atoms with Gasteiger partial charge in [0.2, 0.25) is 20.0 Å². The number of para-hydroxylation sites is 2. The molecule has 1 heterocycles. The molecular formula is C9H12N2O4S2. The lowest BCUT2D eigenvalue weighted by atomic mass is 10.3. The number of hydrogen-bond donors (Lipinski definition) is 0. The van der Waals surface area contributed by atoms with Crippen molar-refractivity contribution in [2.75, 3.05) is 27.8 Å². The van der Waals surface area contributed by atoms with E-state index in [4.69, 9.17) is 0 Å². The second-order valence-electron chi connectivity index (χ2n) is 3.85. The Morgan fingerprint density at radius 2 is 1.24 bits per heavy atom. The molecule has 1 aliphatic heterocycles. The Morgan fingerprint density at radius 3 is 1.53 bits per heavy atom. The third-order valence-corrected chi connectivity index (χ3v) is 4.70. The molecule has 6 nitrogen and oxygen atoms in total. The highest BCUT2D eigenvalue weighted by Gasteiger charge is 2.35. The van der Waals surface area contributed by atoms with Gasteiger partial charge in [-0.15, -0.1) is 0 Å². The van der Waals surface area contributed by atoms with E-state index in [1.807, 2.05) is 0 Å². The first-order chi connectivity index (χ1) is 7.71. The quantitative estimate of drug-likeness (QED) is 0.773. The molecule has 0 unspecified atom stereocenters. The number of fused-ring (bicyclic) bond motifs is 1. The second-order valence-corrected chi connectivity index (χ2v) is 7.67. The Hall–Kier alpha value is -1.28. The minimum absolute atomic E-state index is 0.197. The Labute approximate surface area is 101 Å². The lowest BCUT2D eigenvalue weighted by Crippen LogP contribution is -2.37. The smallest absolute Gasteiger partial charge is 0.233 e. The molecule has 0 bridgehead atoms. The predicted molar refractivity (Wildman–Crippen MR) is 66.0 cm³/mol. The van der Waals surface area contributed by atoms with Crippen LogP contribution < -0.4 is 8.61 Å². The monoisotopic (exact) mass is 276 g/mol. The van der Waals surface area contributed by atoms with Gasteiger partial charge in [-0.05, 0) is 12.1 Å². The van der Waals surface area contributed by atoms with E-state index in [1.54, 1.807) is 24.3 Å². The van der Waals surface area contributed by atoms with Crippen LogP contribution in [0.25, 0.3) is 0 Å². The zero-order valence-electron chi connectivity index (χ0n) is 9.36. The van der Waals surface area contributed by atoms with Crippen molar-refractivity contribution in [1.29, 1.82) is 0 Å². The van der Waals surface area contributed by atoms with Crippen molar-refractivity contribution in [1.82, 2.24) is 0 Å². The topological polar surface area (TPSA) is 74.8 Å². The third kappa shape index (κ3) is 2.09. The summed E-state index contributed by atoms with van der Waals surface area (Å²) in [6.45, 7) is -0.197. The first-order valence-electron chi connectivity index (χ1n) is 4.76. The molecule has 0 aliphatic carbocycles. The third-order valence-electron chi connectivity index (χ3n) is 2.48. The fourth-order valence-electron chi connectivity index (χ4n) is 1.72. The molecule has 0 fully saturated rings. The van der Waals surface area contributed by atoms with Crippen LogP contribution in [0.5, 0.6) is 0 Å². The summed E-state index contributed by atoms with van der Waals surface area (Å²) in [5, 5.41) is 0. The molecule has 0 spiro atoms. The summed E-state index contributed by atoms with van der Waals surface area (Å²) < 4.78 is 48.4. The summed E-state index contributed by atoms with van der Waals surface area (Å²) in [6, 6.07) is 6.51. The number of benzene rings is 1. The standard InChI is InChI=1S/C9H12N2O4S2/c1-16(12,13)10-7-11(17(2,14)15)9-6-4-3-5-8(9)10/h3-6H,7H2,1-2H3. The number of rotatable bonds is 2. The number of sulfonamides is 2. The van der Waals surface area contributed by atoms with Crippen LogP contribution in [-0.4, -0.2) is 36.0 Å². The Kier molecular flexibility index (Phi) is 2.58. The van der Waals surface area contributed by atoms with Crippen molar-refractivity contribution in [3.8, 4) is 0 Å². The van der Waals surface area contributed by atoms with Gasteiger partial charge in [0, 0.05) is 0 Å². The van der Waals surface area contributed by atoms with Crippen LogP contribution in [0.15, 0.2) is 24.3 Å². The fourth-order valence-corrected chi connectivity index (χ4v) is 3.47. The largest absolute Gasteiger partial charge is 0.248 e. The van der Waals surface area contributed by atoms with E-state index in [1.165, 1.54) is 0 Å². The summed E-state index contributed by atoms with van der Waals surface area (Å²) >= 11 is 0. The van der Waals surface area contributed by atoms with E-state index in [0.717, 1.165) is 21.1 Å². The average Bonchev–Trinajstić information content (AvgIpc) is 2.55. The highest BCUT2D eigenvalue weighted by molar-refractivity contribution is 7.93. The van der Waals surface area contributed by atoms with E-state index < -0.39 is 20.0 Å². The Balaban J connectivity index is 2.63. The summed E-state index contributed by atoms with van der Waals surface area (Å²) in [5.74, 6) is 0. The van der Waals surface area contributed by atoms with Crippen molar-refractivity contribution in [3.63, 3.8) is 0 Å². The number of nitrogens with zero attached hydrogens (tertiary/aromatic N) is 2. The van der Waals surface area contributed by atoms with E-state index in [0.29, 0.717) is 11.4 Å². The van der Waals surface area contributed by atoms with Crippen LogP contribution >= 0.6 is 0 Å². The molecule has 94 valence electrons. The van der Waals surface area contributed by atoms with Crippen LogP contribution in [0.2, 0.25) is 0 Å². The van der Waals surface area contributed by atoms with Crippen molar-refractivity contribution >= 4 is 31.4 Å². The van der Waals surface area contributed by atoms with Gasteiger partial charge in [-0.3, -0.25) is 0 Å². The maximum absolute atomic E-state index is 11.6.